The van der Waals surface area contributed by atoms with E-state index < -0.39 is 0 Å². The minimum Gasteiger partial charge on any atom is -0.313 e. The van der Waals surface area contributed by atoms with E-state index in [1.807, 2.05) is 11.8 Å². The Morgan fingerprint density at radius 1 is 1.50 bits per heavy atom. The highest BCUT2D eigenvalue weighted by Crippen LogP contribution is 2.30. The topological polar surface area (TPSA) is 12.0 Å². The molecule has 0 aromatic heterocycles. The fraction of sp³-hybridized carbons (Fsp3) is 1.00. The van der Waals surface area contributed by atoms with Gasteiger partial charge in [-0.2, -0.15) is 11.8 Å². The van der Waals surface area contributed by atoms with E-state index in [-0.39, 0.29) is 0 Å². The molecule has 1 unspecified atom stereocenters. The van der Waals surface area contributed by atoms with Gasteiger partial charge in [-0.25, -0.2) is 0 Å². The van der Waals surface area contributed by atoms with E-state index in [1.165, 1.54) is 38.0 Å². The second-order valence-corrected chi connectivity index (χ2v) is 4.62. The Kier molecular flexibility index (Phi) is 5.08. The molecule has 1 fully saturated rings. The molecule has 0 saturated heterocycles. The minimum atomic E-state index is 0.800. The Bertz CT molecular complexity index is 112. The van der Waals surface area contributed by atoms with E-state index in [0.717, 1.165) is 12.0 Å². The van der Waals surface area contributed by atoms with Crippen LogP contribution in [0, 0.1) is 5.92 Å². The van der Waals surface area contributed by atoms with Gasteiger partial charge in [0.25, 0.3) is 0 Å². The molecule has 1 nitrogen and oxygen atoms in total. The maximum Gasteiger partial charge on any atom is 0.0186 e. The summed E-state index contributed by atoms with van der Waals surface area (Å²) in [6.45, 7) is 3.44. The van der Waals surface area contributed by atoms with Crippen LogP contribution in [0.3, 0.4) is 0 Å². The van der Waals surface area contributed by atoms with Crippen molar-refractivity contribution < 1.29 is 0 Å². The molecule has 0 aliphatic heterocycles. The highest BCUT2D eigenvalue weighted by molar-refractivity contribution is 7.98. The van der Waals surface area contributed by atoms with Crippen LogP contribution < -0.4 is 5.32 Å². The standard InChI is InChI=1S/C10H21NS/c1-3-7-11-10(8-12-2)9-5-4-6-9/h9-11H,3-8H2,1-2H3. The third kappa shape index (κ3) is 2.98. The Balaban J connectivity index is 2.17. The summed E-state index contributed by atoms with van der Waals surface area (Å²) >= 11 is 1.98. The Labute approximate surface area is 80.7 Å². The molecule has 1 aliphatic carbocycles. The lowest BCUT2D eigenvalue weighted by Gasteiger charge is -2.34. The van der Waals surface area contributed by atoms with Gasteiger partial charge in [0.2, 0.25) is 0 Å². The van der Waals surface area contributed by atoms with E-state index >= 15 is 0 Å². The predicted octanol–water partition coefficient (Wildman–Crippen LogP) is 2.52. The molecule has 0 radical (unpaired) electrons. The lowest BCUT2D eigenvalue weighted by atomic mass is 9.80. The van der Waals surface area contributed by atoms with Crippen LogP contribution in [0.15, 0.2) is 0 Å². The molecule has 1 rings (SSSR count). The molecule has 72 valence electrons. The molecule has 1 atom stereocenters. The van der Waals surface area contributed by atoms with Crippen molar-refractivity contribution in [1.29, 1.82) is 0 Å². The third-order valence-corrected chi connectivity index (χ3v) is 3.41. The molecule has 0 spiro atoms. The third-order valence-electron chi connectivity index (χ3n) is 2.72. The number of thioether (sulfide) groups is 1. The lowest BCUT2D eigenvalue weighted by Crippen LogP contribution is -2.41. The number of rotatable bonds is 6. The molecular weight excluding hydrogens is 166 g/mol. The molecule has 0 amide bonds. The minimum absolute atomic E-state index is 0.800. The van der Waals surface area contributed by atoms with Gasteiger partial charge in [0.15, 0.2) is 0 Å². The SMILES string of the molecule is CCCNC(CSC)C1CCC1. The molecule has 1 N–H and O–H groups in total. The monoisotopic (exact) mass is 187 g/mol. The molecule has 0 bridgehead atoms. The molecule has 1 saturated carbocycles. The van der Waals surface area contributed by atoms with Crippen LogP contribution in [0.25, 0.3) is 0 Å². The number of nitrogens with one attached hydrogen (secondary N) is 1. The van der Waals surface area contributed by atoms with Gasteiger partial charge in [-0.15, -0.1) is 0 Å². The van der Waals surface area contributed by atoms with Gasteiger partial charge in [-0.3, -0.25) is 0 Å². The van der Waals surface area contributed by atoms with Crippen LogP contribution >= 0.6 is 11.8 Å². The first-order valence-electron chi connectivity index (χ1n) is 5.10. The van der Waals surface area contributed by atoms with Crippen LogP contribution in [0.4, 0.5) is 0 Å². The van der Waals surface area contributed by atoms with Crippen LogP contribution in [0.1, 0.15) is 32.6 Å². The first-order chi connectivity index (χ1) is 5.88. The van der Waals surface area contributed by atoms with Gasteiger partial charge in [-0.1, -0.05) is 13.3 Å². The van der Waals surface area contributed by atoms with Gasteiger partial charge < -0.3 is 5.32 Å². The van der Waals surface area contributed by atoms with Crippen LogP contribution in [0.2, 0.25) is 0 Å². The quantitative estimate of drug-likeness (QED) is 0.686. The molecule has 0 aromatic rings. The molecule has 12 heavy (non-hydrogen) atoms. The van der Waals surface area contributed by atoms with Crippen molar-refractivity contribution in [3.05, 3.63) is 0 Å². The van der Waals surface area contributed by atoms with Crippen molar-refractivity contribution >= 4 is 11.8 Å². The second-order valence-electron chi connectivity index (χ2n) is 3.71. The number of hydrogen-bond acceptors (Lipinski definition) is 2. The van der Waals surface area contributed by atoms with Gasteiger partial charge in [0.1, 0.15) is 0 Å². The average Bonchev–Trinajstić information content (AvgIpc) is 1.97. The van der Waals surface area contributed by atoms with E-state index in [0.29, 0.717) is 0 Å². The van der Waals surface area contributed by atoms with Crippen molar-refractivity contribution in [1.82, 2.24) is 5.32 Å². The Morgan fingerprint density at radius 2 is 2.25 bits per heavy atom. The summed E-state index contributed by atoms with van der Waals surface area (Å²) in [5, 5.41) is 3.65. The summed E-state index contributed by atoms with van der Waals surface area (Å²) in [7, 11) is 0. The van der Waals surface area contributed by atoms with Crippen molar-refractivity contribution in [2.75, 3.05) is 18.6 Å². The molecular formula is C10H21NS. The number of hydrogen-bond donors (Lipinski definition) is 1. The largest absolute Gasteiger partial charge is 0.313 e. The summed E-state index contributed by atoms with van der Waals surface area (Å²) in [5.41, 5.74) is 0. The molecule has 0 heterocycles. The lowest BCUT2D eigenvalue weighted by molar-refractivity contribution is 0.244. The summed E-state index contributed by atoms with van der Waals surface area (Å²) in [6, 6.07) is 0.800. The molecule has 0 aromatic carbocycles. The van der Waals surface area contributed by atoms with Crippen LogP contribution in [-0.2, 0) is 0 Å². The van der Waals surface area contributed by atoms with E-state index in [1.54, 1.807) is 0 Å². The normalized spacial score (nSPS) is 20.5. The Hall–Kier alpha value is 0.310. The summed E-state index contributed by atoms with van der Waals surface area (Å²) in [5.74, 6) is 2.29. The summed E-state index contributed by atoms with van der Waals surface area (Å²) in [4.78, 5) is 0. The first kappa shape index (κ1) is 10.4. The zero-order valence-corrected chi connectivity index (χ0v) is 9.12. The molecule has 1 aliphatic rings. The summed E-state index contributed by atoms with van der Waals surface area (Å²) < 4.78 is 0. The predicted molar refractivity (Wildman–Crippen MR) is 57.8 cm³/mol. The maximum atomic E-state index is 3.65. The van der Waals surface area contributed by atoms with Gasteiger partial charge in [0, 0.05) is 11.8 Å². The van der Waals surface area contributed by atoms with E-state index in [4.69, 9.17) is 0 Å². The average molecular weight is 187 g/mol. The van der Waals surface area contributed by atoms with Crippen LogP contribution in [0.5, 0.6) is 0 Å². The van der Waals surface area contributed by atoms with Crippen molar-refractivity contribution in [3.8, 4) is 0 Å². The van der Waals surface area contributed by atoms with Gasteiger partial charge >= 0.3 is 0 Å². The fourth-order valence-electron chi connectivity index (χ4n) is 1.71. The zero-order chi connectivity index (χ0) is 8.81. The van der Waals surface area contributed by atoms with Crippen molar-refractivity contribution in [2.45, 2.75) is 38.6 Å². The maximum absolute atomic E-state index is 3.65. The van der Waals surface area contributed by atoms with Crippen molar-refractivity contribution in [2.24, 2.45) is 5.92 Å². The molecule has 2 heteroatoms. The first-order valence-corrected chi connectivity index (χ1v) is 6.50. The van der Waals surface area contributed by atoms with Crippen molar-refractivity contribution in [3.63, 3.8) is 0 Å². The highest BCUT2D eigenvalue weighted by atomic mass is 32.2. The van der Waals surface area contributed by atoms with Crippen LogP contribution in [-0.4, -0.2) is 24.6 Å². The van der Waals surface area contributed by atoms with E-state index in [9.17, 15) is 0 Å². The Morgan fingerprint density at radius 3 is 2.67 bits per heavy atom. The summed E-state index contributed by atoms with van der Waals surface area (Å²) in [6.07, 6.45) is 7.85. The smallest absolute Gasteiger partial charge is 0.0186 e. The van der Waals surface area contributed by atoms with E-state index in [2.05, 4.69) is 18.5 Å². The highest BCUT2D eigenvalue weighted by Gasteiger charge is 2.25. The second kappa shape index (κ2) is 5.87. The van der Waals surface area contributed by atoms with Gasteiger partial charge in [0.05, 0.1) is 0 Å². The zero-order valence-electron chi connectivity index (χ0n) is 8.31. The fourth-order valence-corrected chi connectivity index (χ4v) is 2.46. The van der Waals surface area contributed by atoms with Gasteiger partial charge in [-0.05, 0) is 38.0 Å².